The summed E-state index contributed by atoms with van der Waals surface area (Å²) in [7, 11) is 0. The zero-order chi connectivity index (χ0) is 14.3. The number of carbonyl (C=O) groups is 1. The standard InChI is InChI=1S/C15H23BrN2O/c1-3-4-5-14(17)15(19)18-11(2)10-12-6-8-13(16)9-7-12/h6-9,11,14H,3-5,10,17H2,1-2H3,(H,18,19)/t11?,14-/m0/s1. The minimum Gasteiger partial charge on any atom is -0.352 e. The van der Waals surface area contributed by atoms with Gasteiger partial charge in [0.2, 0.25) is 5.91 Å². The summed E-state index contributed by atoms with van der Waals surface area (Å²) >= 11 is 3.41. The highest BCUT2D eigenvalue weighted by Gasteiger charge is 2.15. The number of unbranched alkanes of at least 4 members (excludes halogenated alkanes) is 1. The molecule has 2 atom stereocenters. The van der Waals surface area contributed by atoms with Crippen molar-refractivity contribution >= 4 is 21.8 Å². The van der Waals surface area contributed by atoms with Gasteiger partial charge in [-0.25, -0.2) is 0 Å². The Kier molecular flexibility index (Phi) is 7.10. The monoisotopic (exact) mass is 326 g/mol. The van der Waals surface area contributed by atoms with Crippen molar-refractivity contribution in [2.45, 2.75) is 51.6 Å². The highest BCUT2D eigenvalue weighted by atomic mass is 79.9. The van der Waals surface area contributed by atoms with E-state index in [9.17, 15) is 4.79 Å². The second-order valence-corrected chi connectivity index (χ2v) is 5.90. The molecule has 0 radical (unpaired) electrons. The molecule has 0 spiro atoms. The lowest BCUT2D eigenvalue weighted by Crippen LogP contribution is -2.45. The summed E-state index contributed by atoms with van der Waals surface area (Å²) in [5, 5.41) is 2.98. The van der Waals surface area contributed by atoms with Crippen LogP contribution in [0.4, 0.5) is 0 Å². The second-order valence-electron chi connectivity index (χ2n) is 4.99. The lowest BCUT2D eigenvalue weighted by Gasteiger charge is -2.17. The van der Waals surface area contributed by atoms with Crippen LogP contribution in [0.2, 0.25) is 0 Å². The van der Waals surface area contributed by atoms with Gasteiger partial charge in [-0.2, -0.15) is 0 Å². The molecule has 19 heavy (non-hydrogen) atoms. The lowest BCUT2D eigenvalue weighted by atomic mass is 10.1. The fourth-order valence-electron chi connectivity index (χ4n) is 1.93. The molecule has 1 aromatic carbocycles. The van der Waals surface area contributed by atoms with Crippen LogP contribution in [0.3, 0.4) is 0 Å². The molecular formula is C15H23BrN2O. The summed E-state index contributed by atoms with van der Waals surface area (Å²) in [5.74, 6) is -0.0435. The number of amides is 1. The van der Waals surface area contributed by atoms with Crippen LogP contribution in [0.5, 0.6) is 0 Å². The van der Waals surface area contributed by atoms with Crippen molar-refractivity contribution in [1.29, 1.82) is 0 Å². The predicted octanol–water partition coefficient (Wildman–Crippen LogP) is 3.01. The van der Waals surface area contributed by atoms with Crippen LogP contribution >= 0.6 is 15.9 Å². The first-order valence-corrected chi connectivity index (χ1v) is 7.62. The Hall–Kier alpha value is -0.870. The largest absolute Gasteiger partial charge is 0.352 e. The third kappa shape index (κ3) is 6.21. The Morgan fingerprint density at radius 3 is 2.58 bits per heavy atom. The summed E-state index contributed by atoms with van der Waals surface area (Å²) in [5.41, 5.74) is 7.05. The van der Waals surface area contributed by atoms with Crippen LogP contribution in [-0.4, -0.2) is 18.0 Å². The highest BCUT2D eigenvalue weighted by Crippen LogP contribution is 2.12. The van der Waals surface area contributed by atoms with Gasteiger partial charge in [-0.15, -0.1) is 0 Å². The van der Waals surface area contributed by atoms with E-state index >= 15 is 0 Å². The van der Waals surface area contributed by atoms with Gasteiger partial charge < -0.3 is 11.1 Å². The average molecular weight is 327 g/mol. The van der Waals surface area contributed by atoms with E-state index in [-0.39, 0.29) is 18.0 Å². The fraction of sp³-hybridized carbons (Fsp3) is 0.533. The van der Waals surface area contributed by atoms with E-state index in [1.165, 1.54) is 5.56 Å². The van der Waals surface area contributed by atoms with Gasteiger partial charge in [-0.1, -0.05) is 47.8 Å². The predicted molar refractivity (Wildman–Crippen MR) is 83.0 cm³/mol. The van der Waals surface area contributed by atoms with Crippen molar-refractivity contribution in [3.63, 3.8) is 0 Å². The van der Waals surface area contributed by atoms with Gasteiger partial charge in [0.1, 0.15) is 0 Å². The van der Waals surface area contributed by atoms with Crippen molar-refractivity contribution < 1.29 is 4.79 Å². The minimum atomic E-state index is -0.382. The molecule has 4 heteroatoms. The molecule has 0 fully saturated rings. The number of nitrogens with one attached hydrogen (secondary N) is 1. The maximum atomic E-state index is 11.9. The maximum Gasteiger partial charge on any atom is 0.237 e. The molecule has 0 saturated carbocycles. The van der Waals surface area contributed by atoms with Crippen LogP contribution in [-0.2, 0) is 11.2 Å². The quantitative estimate of drug-likeness (QED) is 0.809. The van der Waals surface area contributed by atoms with Crippen molar-refractivity contribution in [2.24, 2.45) is 5.73 Å². The topological polar surface area (TPSA) is 55.1 Å². The van der Waals surface area contributed by atoms with Gasteiger partial charge >= 0.3 is 0 Å². The molecule has 0 aliphatic carbocycles. The summed E-state index contributed by atoms with van der Waals surface area (Å²) in [6, 6.07) is 7.86. The zero-order valence-corrected chi connectivity index (χ0v) is 13.2. The number of benzene rings is 1. The number of hydrogen-bond donors (Lipinski definition) is 2. The van der Waals surface area contributed by atoms with Crippen LogP contribution in [0, 0.1) is 0 Å². The Balaban J connectivity index is 2.39. The third-order valence-electron chi connectivity index (χ3n) is 3.05. The molecule has 106 valence electrons. The van der Waals surface area contributed by atoms with Gasteiger partial charge in [0.15, 0.2) is 0 Å². The van der Waals surface area contributed by atoms with E-state index in [1.54, 1.807) is 0 Å². The molecule has 0 aliphatic heterocycles. The fourth-order valence-corrected chi connectivity index (χ4v) is 2.19. The van der Waals surface area contributed by atoms with Crippen LogP contribution in [0.15, 0.2) is 28.7 Å². The van der Waals surface area contributed by atoms with E-state index in [1.807, 2.05) is 19.1 Å². The minimum absolute atomic E-state index is 0.0435. The molecule has 3 nitrogen and oxygen atoms in total. The summed E-state index contributed by atoms with van der Waals surface area (Å²) in [4.78, 5) is 11.9. The van der Waals surface area contributed by atoms with Gasteiger partial charge in [0, 0.05) is 10.5 Å². The average Bonchev–Trinajstić information content (AvgIpc) is 2.38. The van der Waals surface area contributed by atoms with Crippen molar-refractivity contribution in [3.05, 3.63) is 34.3 Å². The second kappa shape index (κ2) is 8.33. The molecule has 0 aromatic heterocycles. The number of halogens is 1. The van der Waals surface area contributed by atoms with Crippen LogP contribution in [0.1, 0.15) is 38.7 Å². The van der Waals surface area contributed by atoms with Gasteiger partial charge in [-0.05, 0) is 37.5 Å². The Bertz CT molecular complexity index is 392. The molecule has 1 unspecified atom stereocenters. The molecule has 1 rings (SSSR count). The summed E-state index contributed by atoms with van der Waals surface area (Å²) < 4.78 is 1.06. The van der Waals surface area contributed by atoms with E-state index in [4.69, 9.17) is 5.73 Å². The Morgan fingerprint density at radius 1 is 1.37 bits per heavy atom. The number of nitrogens with two attached hydrogens (primary N) is 1. The van der Waals surface area contributed by atoms with E-state index in [2.05, 4.69) is 40.3 Å². The van der Waals surface area contributed by atoms with E-state index < -0.39 is 0 Å². The SMILES string of the molecule is CCCC[C@H](N)C(=O)NC(C)Cc1ccc(Br)cc1. The Labute approximate surface area is 124 Å². The first kappa shape index (κ1) is 16.2. The Morgan fingerprint density at radius 2 is 2.00 bits per heavy atom. The zero-order valence-electron chi connectivity index (χ0n) is 11.7. The maximum absolute atomic E-state index is 11.9. The van der Waals surface area contributed by atoms with E-state index in [0.29, 0.717) is 0 Å². The normalized spacial score (nSPS) is 13.9. The first-order valence-electron chi connectivity index (χ1n) is 6.83. The molecule has 1 amide bonds. The molecule has 3 N–H and O–H groups in total. The highest BCUT2D eigenvalue weighted by molar-refractivity contribution is 9.10. The van der Waals surface area contributed by atoms with Gasteiger partial charge in [0.05, 0.1) is 6.04 Å². The van der Waals surface area contributed by atoms with Gasteiger partial charge in [-0.3, -0.25) is 4.79 Å². The molecule has 1 aromatic rings. The number of rotatable bonds is 7. The molecule has 0 saturated heterocycles. The molecule has 0 bridgehead atoms. The van der Waals surface area contributed by atoms with Crippen LogP contribution < -0.4 is 11.1 Å². The molecule has 0 aliphatic rings. The summed E-state index contributed by atoms with van der Waals surface area (Å²) in [6.45, 7) is 4.10. The third-order valence-corrected chi connectivity index (χ3v) is 3.58. The van der Waals surface area contributed by atoms with Crippen molar-refractivity contribution in [1.82, 2.24) is 5.32 Å². The van der Waals surface area contributed by atoms with E-state index in [0.717, 1.165) is 30.2 Å². The van der Waals surface area contributed by atoms with Gasteiger partial charge in [0.25, 0.3) is 0 Å². The lowest BCUT2D eigenvalue weighted by molar-refractivity contribution is -0.123. The van der Waals surface area contributed by atoms with Crippen LogP contribution in [0.25, 0.3) is 0 Å². The molecule has 0 heterocycles. The summed E-state index contributed by atoms with van der Waals surface area (Å²) in [6.07, 6.45) is 3.64. The number of carbonyl (C=O) groups excluding carboxylic acids is 1. The van der Waals surface area contributed by atoms with Crippen molar-refractivity contribution in [2.75, 3.05) is 0 Å². The number of hydrogen-bond acceptors (Lipinski definition) is 2. The van der Waals surface area contributed by atoms with Crippen molar-refractivity contribution in [3.8, 4) is 0 Å². The first-order chi connectivity index (χ1) is 9.02. The molecular weight excluding hydrogens is 304 g/mol. The smallest absolute Gasteiger partial charge is 0.237 e.